The summed E-state index contributed by atoms with van der Waals surface area (Å²) in [6.45, 7) is 2.93. The van der Waals surface area contributed by atoms with Gasteiger partial charge in [-0.1, -0.05) is 18.2 Å². The predicted molar refractivity (Wildman–Crippen MR) is 85.4 cm³/mol. The van der Waals surface area contributed by atoms with Gasteiger partial charge in [-0.25, -0.2) is 8.78 Å². The molecule has 1 aliphatic heterocycles. The summed E-state index contributed by atoms with van der Waals surface area (Å²) >= 11 is 0. The van der Waals surface area contributed by atoms with Gasteiger partial charge in [0.05, 0.1) is 13.2 Å². The molecule has 122 valence electrons. The van der Waals surface area contributed by atoms with E-state index in [4.69, 9.17) is 4.74 Å². The first-order valence-corrected chi connectivity index (χ1v) is 7.70. The molecule has 0 amide bonds. The van der Waals surface area contributed by atoms with Crippen LogP contribution in [0, 0.1) is 11.6 Å². The van der Waals surface area contributed by atoms with Crippen LogP contribution in [-0.4, -0.2) is 31.6 Å². The minimum atomic E-state index is -0.538. The number of hydrogen-bond acceptors (Lipinski definition) is 3. The zero-order valence-electron chi connectivity index (χ0n) is 13.1. The number of rotatable bonds is 4. The summed E-state index contributed by atoms with van der Waals surface area (Å²) in [7, 11) is 1.65. The van der Waals surface area contributed by atoms with Gasteiger partial charge in [-0.05, 0) is 23.8 Å². The van der Waals surface area contributed by atoms with Gasteiger partial charge in [0.25, 0.3) is 0 Å². The molecule has 5 heteroatoms. The van der Waals surface area contributed by atoms with Crippen molar-refractivity contribution in [1.29, 1.82) is 0 Å². The van der Waals surface area contributed by atoms with Crippen molar-refractivity contribution >= 4 is 0 Å². The normalized spacial score (nSPS) is 18.8. The maximum atomic E-state index is 13.4. The van der Waals surface area contributed by atoms with Crippen LogP contribution >= 0.6 is 0 Å². The van der Waals surface area contributed by atoms with E-state index in [2.05, 4.69) is 10.2 Å². The number of benzene rings is 2. The number of hydrogen-bond donors (Lipinski definition) is 1. The molecule has 1 atom stereocenters. The summed E-state index contributed by atoms with van der Waals surface area (Å²) in [5.41, 5.74) is 1.73. The highest BCUT2D eigenvalue weighted by Crippen LogP contribution is 2.31. The first kappa shape index (κ1) is 15.9. The molecule has 1 N–H and O–H groups in total. The van der Waals surface area contributed by atoms with Crippen LogP contribution in [0.2, 0.25) is 0 Å². The molecule has 1 fully saturated rings. The van der Waals surface area contributed by atoms with Crippen molar-refractivity contribution in [3.05, 3.63) is 65.2 Å². The smallest absolute Gasteiger partial charge is 0.126 e. The van der Waals surface area contributed by atoms with Gasteiger partial charge in [-0.15, -0.1) is 0 Å². The zero-order valence-corrected chi connectivity index (χ0v) is 13.1. The predicted octanol–water partition coefficient (Wildman–Crippen LogP) is 3.12. The van der Waals surface area contributed by atoms with Crippen molar-refractivity contribution < 1.29 is 13.5 Å². The van der Waals surface area contributed by atoms with E-state index in [0.717, 1.165) is 37.0 Å². The Morgan fingerprint density at radius 1 is 1.17 bits per heavy atom. The van der Waals surface area contributed by atoms with Crippen LogP contribution in [0.25, 0.3) is 0 Å². The Morgan fingerprint density at radius 3 is 2.65 bits per heavy atom. The fourth-order valence-corrected chi connectivity index (χ4v) is 3.12. The fourth-order valence-electron chi connectivity index (χ4n) is 3.12. The van der Waals surface area contributed by atoms with Crippen molar-refractivity contribution in [2.45, 2.75) is 12.6 Å². The van der Waals surface area contributed by atoms with Crippen molar-refractivity contribution in [2.24, 2.45) is 0 Å². The molecule has 2 aromatic carbocycles. The first-order valence-electron chi connectivity index (χ1n) is 7.70. The molecule has 1 unspecified atom stereocenters. The molecular weight excluding hydrogens is 298 g/mol. The quantitative estimate of drug-likeness (QED) is 0.937. The van der Waals surface area contributed by atoms with Gasteiger partial charge in [0.15, 0.2) is 0 Å². The molecule has 0 aliphatic carbocycles. The van der Waals surface area contributed by atoms with Gasteiger partial charge in [-0.2, -0.15) is 0 Å². The third-order valence-electron chi connectivity index (χ3n) is 4.16. The monoisotopic (exact) mass is 318 g/mol. The number of nitrogens with zero attached hydrogens (tertiary/aromatic N) is 1. The van der Waals surface area contributed by atoms with Crippen LogP contribution in [0.15, 0.2) is 42.5 Å². The summed E-state index contributed by atoms with van der Waals surface area (Å²) in [5.74, 6) is -0.246. The molecule has 1 aliphatic rings. The second-order valence-electron chi connectivity index (χ2n) is 5.71. The summed E-state index contributed by atoms with van der Waals surface area (Å²) in [4.78, 5) is 2.22. The number of methoxy groups -OCH3 is 1. The lowest BCUT2D eigenvalue weighted by molar-refractivity contribution is 0.150. The Morgan fingerprint density at radius 2 is 1.91 bits per heavy atom. The Kier molecular flexibility index (Phi) is 4.88. The molecule has 0 saturated carbocycles. The minimum absolute atomic E-state index is 0.103. The fraction of sp³-hybridized carbons (Fsp3) is 0.333. The molecule has 3 nitrogen and oxygen atoms in total. The largest absolute Gasteiger partial charge is 0.496 e. The maximum Gasteiger partial charge on any atom is 0.126 e. The third kappa shape index (κ3) is 3.68. The van der Waals surface area contributed by atoms with Crippen molar-refractivity contribution in [1.82, 2.24) is 10.2 Å². The van der Waals surface area contributed by atoms with Gasteiger partial charge in [-0.3, -0.25) is 4.90 Å². The standard InChI is InChI=1S/C18H20F2N2O/c1-23-18-5-3-2-4-16(18)17-11-21-6-7-22(17)12-13-8-14(19)10-15(20)9-13/h2-5,8-10,17,21H,6-7,11-12H2,1H3. The highest BCUT2D eigenvalue weighted by molar-refractivity contribution is 5.36. The average Bonchev–Trinajstić information content (AvgIpc) is 2.54. The molecular formula is C18H20F2N2O. The van der Waals surface area contributed by atoms with Gasteiger partial charge in [0, 0.05) is 37.8 Å². The number of ether oxygens (including phenoxy) is 1. The number of piperazine rings is 1. The lowest BCUT2D eigenvalue weighted by Gasteiger charge is -2.37. The van der Waals surface area contributed by atoms with E-state index in [1.54, 1.807) is 7.11 Å². The van der Waals surface area contributed by atoms with E-state index in [1.807, 2.05) is 24.3 Å². The van der Waals surface area contributed by atoms with Gasteiger partial charge >= 0.3 is 0 Å². The molecule has 1 heterocycles. The summed E-state index contributed by atoms with van der Waals surface area (Å²) in [6, 6.07) is 11.7. The van der Waals surface area contributed by atoms with Gasteiger partial charge < -0.3 is 10.1 Å². The lowest BCUT2D eigenvalue weighted by atomic mass is 10.0. The molecule has 0 aromatic heterocycles. The molecule has 0 radical (unpaired) electrons. The Bertz CT molecular complexity index is 658. The lowest BCUT2D eigenvalue weighted by Crippen LogP contribution is -2.45. The Hall–Kier alpha value is -1.98. The van der Waals surface area contributed by atoms with Crippen molar-refractivity contribution in [3.8, 4) is 5.75 Å². The summed E-state index contributed by atoms with van der Waals surface area (Å²) in [5, 5.41) is 3.38. The highest BCUT2D eigenvalue weighted by atomic mass is 19.1. The number of nitrogens with one attached hydrogen (secondary N) is 1. The van der Waals surface area contributed by atoms with Gasteiger partial charge in [0.2, 0.25) is 0 Å². The SMILES string of the molecule is COc1ccccc1C1CNCCN1Cc1cc(F)cc(F)c1. The number of halogens is 2. The zero-order chi connectivity index (χ0) is 16.2. The van der Waals surface area contributed by atoms with E-state index in [-0.39, 0.29) is 6.04 Å². The van der Waals surface area contributed by atoms with Gasteiger partial charge in [0.1, 0.15) is 17.4 Å². The Labute approximate surface area is 134 Å². The van der Waals surface area contributed by atoms with E-state index >= 15 is 0 Å². The van der Waals surface area contributed by atoms with Crippen LogP contribution in [0.5, 0.6) is 5.75 Å². The summed E-state index contributed by atoms with van der Waals surface area (Å²) < 4.78 is 32.3. The minimum Gasteiger partial charge on any atom is -0.496 e. The molecule has 1 saturated heterocycles. The van der Waals surface area contributed by atoms with Crippen LogP contribution in [0.3, 0.4) is 0 Å². The van der Waals surface area contributed by atoms with E-state index in [1.165, 1.54) is 12.1 Å². The molecule has 2 aromatic rings. The van der Waals surface area contributed by atoms with Crippen LogP contribution in [0.4, 0.5) is 8.78 Å². The summed E-state index contributed by atoms with van der Waals surface area (Å²) in [6.07, 6.45) is 0. The van der Waals surface area contributed by atoms with Crippen molar-refractivity contribution in [3.63, 3.8) is 0 Å². The van der Waals surface area contributed by atoms with Crippen LogP contribution < -0.4 is 10.1 Å². The molecule has 0 spiro atoms. The van der Waals surface area contributed by atoms with E-state index in [0.29, 0.717) is 12.1 Å². The second-order valence-corrected chi connectivity index (χ2v) is 5.71. The average molecular weight is 318 g/mol. The van der Waals surface area contributed by atoms with E-state index in [9.17, 15) is 8.78 Å². The van der Waals surface area contributed by atoms with Crippen LogP contribution in [-0.2, 0) is 6.54 Å². The third-order valence-corrected chi connectivity index (χ3v) is 4.16. The molecule has 23 heavy (non-hydrogen) atoms. The van der Waals surface area contributed by atoms with Crippen molar-refractivity contribution in [2.75, 3.05) is 26.7 Å². The van der Waals surface area contributed by atoms with E-state index < -0.39 is 11.6 Å². The topological polar surface area (TPSA) is 24.5 Å². The highest BCUT2D eigenvalue weighted by Gasteiger charge is 2.26. The second kappa shape index (κ2) is 7.06. The Balaban J connectivity index is 1.86. The first-order chi connectivity index (χ1) is 11.2. The number of para-hydroxylation sites is 1. The maximum absolute atomic E-state index is 13.4. The molecule has 0 bridgehead atoms. The molecule has 3 rings (SSSR count). The van der Waals surface area contributed by atoms with Crippen LogP contribution in [0.1, 0.15) is 17.2 Å².